The lowest BCUT2D eigenvalue weighted by Crippen LogP contribution is -1.99. The van der Waals surface area contributed by atoms with Crippen molar-refractivity contribution in [1.29, 1.82) is 0 Å². The Balaban J connectivity index is 2.18. The molecule has 1 fully saturated rings. The predicted octanol–water partition coefficient (Wildman–Crippen LogP) is 0.216. The topological polar surface area (TPSA) is 32.7 Å². The van der Waals surface area contributed by atoms with Gasteiger partial charge < -0.3 is 0 Å². The quantitative estimate of drug-likeness (QED) is 0.449. The lowest BCUT2D eigenvalue weighted by atomic mass is 10.9. The van der Waals surface area contributed by atoms with E-state index >= 15 is 0 Å². The van der Waals surface area contributed by atoms with Gasteiger partial charge in [-0.05, 0) is 0 Å². The van der Waals surface area contributed by atoms with Crippen molar-refractivity contribution in [1.82, 2.24) is 5.00 Å². The van der Waals surface area contributed by atoms with Gasteiger partial charge in [0.2, 0.25) is 0 Å². The third kappa shape index (κ3) is 0.884. The Morgan fingerprint density at radius 1 is 1.83 bits per heavy atom. The van der Waals surface area contributed by atoms with E-state index in [9.17, 15) is 0 Å². The van der Waals surface area contributed by atoms with Gasteiger partial charge in [-0.25, -0.2) is 0 Å². The third-order valence-corrected chi connectivity index (χ3v) is 1.39. The maximum Gasteiger partial charge on any atom is 0.0765 e. The van der Waals surface area contributed by atoms with E-state index in [-0.39, 0.29) is 0 Å². The molecule has 4 heteroatoms. The molecule has 0 radical (unpaired) electrons. The molecule has 0 spiro atoms. The monoisotopic (exact) mass is 107 g/mol. The highest BCUT2D eigenvalue weighted by Gasteiger charge is 2.06. The molecular weight excluding hydrogens is 101 g/mol. The van der Waals surface area contributed by atoms with Crippen LogP contribution >= 0.6 is 8.73 Å². The SMILES string of the molecule is ON1OCCP1. The summed E-state index contributed by atoms with van der Waals surface area (Å²) in [7, 11) is 0.449. The summed E-state index contributed by atoms with van der Waals surface area (Å²) in [4.78, 5) is 5.44. The van der Waals surface area contributed by atoms with Gasteiger partial charge in [0, 0.05) is 14.9 Å². The lowest BCUT2D eigenvalue weighted by Gasteiger charge is -1.98. The van der Waals surface area contributed by atoms with Crippen molar-refractivity contribution >= 4 is 8.73 Å². The molecule has 36 valence electrons. The highest BCUT2D eigenvalue weighted by atomic mass is 31.1. The Morgan fingerprint density at radius 3 is 2.83 bits per heavy atom. The fourth-order valence-electron chi connectivity index (χ4n) is 0.319. The molecule has 1 unspecified atom stereocenters. The first kappa shape index (κ1) is 4.47. The summed E-state index contributed by atoms with van der Waals surface area (Å²) in [5.74, 6) is 0. The minimum Gasteiger partial charge on any atom is -0.287 e. The summed E-state index contributed by atoms with van der Waals surface area (Å²) in [6, 6.07) is 0. The zero-order chi connectivity index (χ0) is 4.41. The normalized spacial score (nSPS) is 29.5. The molecule has 1 rings (SSSR count). The summed E-state index contributed by atoms with van der Waals surface area (Å²) in [6.07, 6.45) is 0.969. The average molecular weight is 107 g/mol. The van der Waals surface area contributed by atoms with Gasteiger partial charge in [0.1, 0.15) is 0 Å². The van der Waals surface area contributed by atoms with Crippen molar-refractivity contribution in [2.24, 2.45) is 0 Å². The molecule has 0 amide bonds. The van der Waals surface area contributed by atoms with Crippen molar-refractivity contribution < 1.29 is 10.0 Å². The van der Waals surface area contributed by atoms with E-state index in [1.807, 2.05) is 0 Å². The van der Waals surface area contributed by atoms with Crippen LogP contribution in [0.1, 0.15) is 0 Å². The first-order valence-electron chi connectivity index (χ1n) is 1.75. The van der Waals surface area contributed by atoms with Crippen LogP contribution in [0, 0.1) is 0 Å². The van der Waals surface area contributed by atoms with Crippen LogP contribution < -0.4 is 0 Å². The number of hydrogen-bond acceptors (Lipinski definition) is 3. The molecule has 0 bridgehead atoms. The lowest BCUT2D eigenvalue weighted by molar-refractivity contribution is -0.248. The Kier molecular flexibility index (Phi) is 1.37. The maximum atomic E-state index is 8.35. The van der Waals surface area contributed by atoms with Gasteiger partial charge in [0.25, 0.3) is 0 Å². The van der Waals surface area contributed by atoms with Crippen molar-refractivity contribution in [3.63, 3.8) is 0 Å². The summed E-state index contributed by atoms with van der Waals surface area (Å²) < 4.78 is 0. The van der Waals surface area contributed by atoms with E-state index in [2.05, 4.69) is 4.84 Å². The van der Waals surface area contributed by atoms with Gasteiger partial charge in [-0.1, -0.05) is 5.00 Å². The molecule has 1 saturated heterocycles. The second-order valence-electron chi connectivity index (χ2n) is 1.01. The minimum absolute atomic E-state index is 0.449. The predicted molar refractivity (Wildman–Crippen MR) is 22.8 cm³/mol. The van der Waals surface area contributed by atoms with Crippen LogP contribution in [0.4, 0.5) is 0 Å². The second-order valence-corrected chi connectivity index (χ2v) is 2.21. The fraction of sp³-hybridized carbons (Fsp3) is 1.00. The molecule has 0 aromatic heterocycles. The highest BCUT2D eigenvalue weighted by molar-refractivity contribution is 7.35. The smallest absolute Gasteiger partial charge is 0.0765 e. The van der Waals surface area contributed by atoms with Crippen LogP contribution in [0.3, 0.4) is 0 Å². The molecule has 3 nitrogen and oxygen atoms in total. The Bertz CT molecular complexity index is 44.8. The molecule has 6 heavy (non-hydrogen) atoms. The number of hydrogen-bond donors (Lipinski definition) is 1. The van der Waals surface area contributed by atoms with E-state index < -0.39 is 0 Å². The minimum atomic E-state index is 0.449. The zero-order valence-electron chi connectivity index (χ0n) is 3.22. The summed E-state index contributed by atoms with van der Waals surface area (Å²) in [5, 5.41) is 8.35. The molecule has 0 aliphatic carbocycles. The Labute approximate surface area is 37.6 Å². The average Bonchev–Trinajstić information content (AvgIpc) is 1.86. The van der Waals surface area contributed by atoms with Crippen LogP contribution in [-0.4, -0.2) is 23.0 Å². The maximum absolute atomic E-state index is 8.35. The van der Waals surface area contributed by atoms with Gasteiger partial charge in [-0.15, -0.1) is 0 Å². The van der Waals surface area contributed by atoms with Gasteiger partial charge in [0.15, 0.2) is 0 Å². The van der Waals surface area contributed by atoms with Crippen molar-refractivity contribution in [2.45, 2.75) is 0 Å². The molecule has 1 aliphatic rings. The summed E-state index contributed by atoms with van der Waals surface area (Å²) in [5.41, 5.74) is 0. The number of rotatable bonds is 0. The molecule has 0 aromatic rings. The van der Waals surface area contributed by atoms with E-state index in [0.29, 0.717) is 15.3 Å². The Hall–Kier alpha value is 0.310. The van der Waals surface area contributed by atoms with Gasteiger partial charge in [-0.3, -0.25) is 10.0 Å². The van der Waals surface area contributed by atoms with Crippen molar-refractivity contribution in [2.75, 3.05) is 12.8 Å². The van der Waals surface area contributed by atoms with E-state index in [4.69, 9.17) is 5.21 Å². The van der Waals surface area contributed by atoms with E-state index in [1.165, 1.54) is 0 Å². The molecule has 1 atom stereocenters. The van der Waals surface area contributed by atoms with Gasteiger partial charge in [0.05, 0.1) is 6.61 Å². The van der Waals surface area contributed by atoms with Crippen LogP contribution in [0.15, 0.2) is 0 Å². The zero-order valence-corrected chi connectivity index (χ0v) is 4.22. The second kappa shape index (κ2) is 1.85. The van der Waals surface area contributed by atoms with Crippen molar-refractivity contribution in [3.05, 3.63) is 0 Å². The largest absolute Gasteiger partial charge is 0.287 e. The summed E-state index contributed by atoms with van der Waals surface area (Å²) in [6.45, 7) is 0.676. The van der Waals surface area contributed by atoms with E-state index in [1.54, 1.807) is 0 Å². The van der Waals surface area contributed by atoms with Crippen molar-refractivity contribution in [3.8, 4) is 0 Å². The molecule has 1 N–H and O–H groups in total. The van der Waals surface area contributed by atoms with Crippen LogP contribution in [0.5, 0.6) is 0 Å². The number of nitrogens with zero attached hydrogens (tertiary/aromatic N) is 1. The van der Waals surface area contributed by atoms with Crippen LogP contribution in [0.25, 0.3) is 0 Å². The first-order chi connectivity index (χ1) is 2.89. The van der Waals surface area contributed by atoms with Crippen LogP contribution in [0.2, 0.25) is 0 Å². The molecule has 0 saturated carbocycles. The molecular formula is C2H6NO2P. The van der Waals surface area contributed by atoms with Gasteiger partial charge >= 0.3 is 0 Å². The van der Waals surface area contributed by atoms with Gasteiger partial charge in [-0.2, -0.15) is 0 Å². The molecule has 0 aromatic carbocycles. The molecule has 1 aliphatic heterocycles. The highest BCUT2D eigenvalue weighted by Crippen LogP contribution is 2.20. The standard InChI is InChI=1S/C2H6NO2P/c4-3-5-1-2-6-3/h4,6H,1-2H2. The fourth-order valence-corrected chi connectivity index (χ4v) is 0.875. The van der Waals surface area contributed by atoms with Crippen LogP contribution in [-0.2, 0) is 4.84 Å². The van der Waals surface area contributed by atoms with E-state index in [0.717, 1.165) is 11.2 Å². The first-order valence-corrected chi connectivity index (χ1v) is 2.90. The Morgan fingerprint density at radius 2 is 2.67 bits per heavy atom. The summed E-state index contributed by atoms with van der Waals surface area (Å²) >= 11 is 0. The molecule has 1 heterocycles. The third-order valence-electron chi connectivity index (χ3n) is 0.563.